The molecule has 0 saturated heterocycles. The van der Waals surface area contributed by atoms with Crippen LogP contribution >= 0.6 is 0 Å². The second-order valence-electron chi connectivity index (χ2n) is 12.6. The van der Waals surface area contributed by atoms with Crippen LogP contribution in [0.3, 0.4) is 0 Å². The summed E-state index contributed by atoms with van der Waals surface area (Å²) in [5.74, 6) is 0.865. The highest BCUT2D eigenvalue weighted by Crippen LogP contribution is 2.74. The number of phenols is 1. The molecule has 0 heterocycles. The van der Waals surface area contributed by atoms with Crippen molar-refractivity contribution in [2.75, 3.05) is 14.2 Å². The lowest BCUT2D eigenvalue weighted by Gasteiger charge is -2.65. The lowest BCUT2D eigenvalue weighted by Crippen LogP contribution is -2.60. The fraction of sp³-hybridized carbons (Fsp3) is 0.759. The summed E-state index contributed by atoms with van der Waals surface area (Å²) in [7, 11) is 3.53. The lowest BCUT2D eigenvalue weighted by molar-refractivity contribution is -0.233. The van der Waals surface area contributed by atoms with Crippen molar-refractivity contribution in [3.63, 3.8) is 0 Å². The van der Waals surface area contributed by atoms with Crippen LogP contribution in [0.1, 0.15) is 89.1 Å². The molecule has 0 spiro atoms. The summed E-state index contributed by atoms with van der Waals surface area (Å²) in [5.41, 5.74) is 1.31. The molecule has 1 aromatic rings. The van der Waals surface area contributed by atoms with E-state index in [4.69, 9.17) is 9.47 Å². The van der Waals surface area contributed by atoms with E-state index < -0.39 is 5.97 Å². The van der Waals surface area contributed by atoms with Gasteiger partial charge in [-0.3, -0.25) is 0 Å². The molecule has 3 fully saturated rings. The molecule has 190 valence electrons. The summed E-state index contributed by atoms with van der Waals surface area (Å²) >= 11 is 0. The van der Waals surface area contributed by atoms with E-state index in [0.717, 1.165) is 31.2 Å². The monoisotopic (exact) mass is 472 g/mol. The Bertz CT molecular complexity index is 940. The van der Waals surface area contributed by atoms with Gasteiger partial charge in [0.15, 0.2) is 6.29 Å². The Kier molecular flexibility index (Phi) is 6.39. The number of aromatic carboxylic acids is 1. The molecule has 34 heavy (non-hydrogen) atoms. The molecule has 4 rings (SSSR count). The van der Waals surface area contributed by atoms with Gasteiger partial charge >= 0.3 is 5.97 Å². The number of carboxylic acid groups (broad SMARTS) is 1. The average Bonchev–Trinajstić information content (AvgIpc) is 3.06. The molecule has 3 aliphatic rings. The van der Waals surface area contributed by atoms with Crippen molar-refractivity contribution in [3.05, 3.63) is 29.3 Å². The second-order valence-corrected chi connectivity index (χ2v) is 12.6. The molecule has 3 saturated carbocycles. The summed E-state index contributed by atoms with van der Waals surface area (Å²) in [6.45, 7) is 12.1. The van der Waals surface area contributed by atoms with E-state index >= 15 is 0 Å². The summed E-state index contributed by atoms with van der Waals surface area (Å²) in [6.07, 6.45) is 7.46. The number of benzene rings is 1. The van der Waals surface area contributed by atoms with E-state index in [1.54, 1.807) is 26.4 Å². The number of methoxy groups -OCH3 is 2. The van der Waals surface area contributed by atoms with Crippen LogP contribution in [-0.2, 0) is 15.9 Å². The maximum absolute atomic E-state index is 11.6. The van der Waals surface area contributed by atoms with Crippen LogP contribution in [0.5, 0.6) is 5.75 Å². The fourth-order valence-electron chi connectivity index (χ4n) is 9.18. The zero-order chi connectivity index (χ0) is 25.1. The summed E-state index contributed by atoms with van der Waals surface area (Å²) in [4.78, 5) is 11.6. The summed E-state index contributed by atoms with van der Waals surface area (Å²) < 4.78 is 11.7. The zero-order valence-electron chi connectivity index (χ0n) is 22.1. The smallest absolute Gasteiger partial charge is 0.335 e. The van der Waals surface area contributed by atoms with Crippen molar-refractivity contribution in [3.8, 4) is 5.75 Å². The molecule has 2 N–H and O–H groups in total. The number of aromatic hydroxyl groups is 1. The van der Waals surface area contributed by atoms with E-state index in [1.807, 2.05) is 0 Å². The highest BCUT2D eigenvalue weighted by Gasteiger charge is 2.68. The van der Waals surface area contributed by atoms with Gasteiger partial charge in [0.1, 0.15) is 5.75 Å². The predicted octanol–water partition coefficient (Wildman–Crippen LogP) is 6.53. The molecule has 0 aromatic heterocycles. The van der Waals surface area contributed by atoms with E-state index in [0.29, 0.717) is 24.2 Å². The number of hydrogen-bond acceptors (Lipinski definition) is 4. The van der Waals surface area contributed by atoms with Gasteiger partial charge < -0.3 is 19.7 Å². The highest BCUT2D eigenvalue weighted by atomic mass is 16.7. The SMILES string of the molecule is COC(OC)[C@]1(C)CC[C@@H]2[C@@]3(C)CC[C@@H](C)[C@@](C)(Cc4cc(C(=O)O)ccc4O)[C@H]3CC[C@]21C. The van der Waals surface area contributed by atoms with Crippen LogP contribution in [0.2, 0.25) is 0 Å². The van der Waals surface area contributed by atoms with Crippen LogP contribution in [0.15, 0.2) is 18.2 Å². The molecule has 1 aromatic carbocycles. The number of ether oxygens (including phenoxy) is 2. The Morgan fingerprint density at radius 1 is 1.03 bits per heavy atom. The number of phenolic OH excluding ortho intramolecular Hbond substituents is 1. The molecular formula is C29H44O5. The third-order valence-corrected chi connectivity index (χ3v) is 11.5. The molecule has 0 aliphatic heterocycles. The maximum Gasteiger partial charge on any atom is 0.335 e. The first kappa shape index (κ1) is 25.5. The van der Waals surface area contributed by atoms with Crippen molar-refractivity contribution in [1.82, 2.24) is 0 Å². The normalized spacial score (nSPS) is 41.8. The summed E-state index contributed by atoms with van der Waals surface area (Å²) in [5, 5.41) is 20.2. The molecular weight excluding hydrogens is 428 g/mol. The first-order valence-electron chi connectivity index (χ1n) is 13.0. The van der Waals surface area contributed by atoms with E-state index in [2.05, 4.69) is 34.6 Å². The number of rotatable bonds is 6. The molecule has 0 bridgehead atoms. The Balaban J connectivity index is 1.72. The van der Waals surface area contributed by atoms with Gasteiger partial charge in [-0.05, 0) is 103 Å². The topological polar surface area (TPSA) is 76.0 Å². The number of carbonyl (C=O) groups is 1. The van der Waals surface area contributed by atoms with Crippen molar-refractivity contribution >= 4 is 5.97 Å². The molecule has 0 unspecified atom stereocenters. The van der Waals surface area contributed by atoms with Crippen LogP contribution in [-0.4, -0.2) is 36.7 Å². The largest absolute Gasteiger partial charge is 0.508 e. The molecule has 7 atom stereocenters. The molecule has 5 heteroatoms. The maximum atomic E-state index is 11.6. The van der Waals surface area contributed by atoms with Gasteiger partial charge in [0, 0.05) is 19.6 Å². The van der Waals surface area contributed by atoms with E-state index in [9.17, 15) is 15.0 Å². The molecule has 0 amide bonds. The van der Waals surface area contributed by atoms with Crippen molar-refractivity contribution in [1.29, 1.82) is 0 Å². The van der Waals surface area contributed by atoms with Gasteiger partial charge in [-0.1, -0.05) is 34.6 Å². The fourth-order valence-corrected chi connectivity index (χ4v) is 9.18. The van der Waals surface area contributed by atoms with Crippen molar-refractivity contribution in [2.45, 2.75) is 85.9 Å². The number of fused-ring (bicyclic) bond motifs is 3. The van der Waals surface area contributed by atoms with Crippen LogP contribution in [0.25, 0.3) is 0 Å². The zero-order valence-corrected chi connectivity index (χ0v) is 22.1. The van der Waals surface area contributed by atoms with Crippen LogP contribution < -0.4 is 0 Å². The van der Waals surface area contributed by atoms with Gasteiger partial charge in [-0.2, -0.15) is 0 Å². The van der Waals surface area contributed by atoms with Gasteiger partial charge in [0.05, 0.1) is 5.56 Å². The van der Waals surface area contributed by atoms with Crippen molar-refractivity contribution < 1.29 is 24.5 Å². The van der Waals surface area contributed by atoms with Gasteiger partial charge in [0.25, 0.3) is 0 Å². The van der Waals surface area contributed by atoms with Gasteiger partial charge in [0.2, 0.25) is 0 Å². The quantitative estimate of drug-likeness (QED) is 0.461. The Morgan fingerprint density at radius 3 is 2.29 bits per heavy atom. The van der Waals surface area contributed by atoms with Crippen LogP contribution in [0, 0.1) is 39.4 Å². The third kappa shape index (κ3) is 3.44. The number of hydrogen-bond donors (Lipinski definition) is 2. The van der Waals surface area contributed by atoms with Gasteiger partial charge in [-0.25, -0.2) is 4.79 Å². The second kappa shape index (κ2) is 8.51. The molecule has 0 radical (unpaired) electrons. The average molecular weight is 473 g/mol. The van der Waals surface area contributed by atoms with Crippen molar-refractivity contribution in [2.24, 2.45) is 39.4 Å². The first-order chi connectivity index (χ1) is 15.9. The Labute approximate surface area is 205 Å². The minimum Gasteiger partial charge on any atom is -0.508 e. The highest BCUT2D eigenvalue weighted by molar-refractivity contribution is 5.88. The van der Waals surface area contributed by atoms with E-state index in [1.165, 1.54) is 18.9 Å². The Hall–Kier alpha value is -1.59. The summed E-state index contributed by atoms with van der Waals surface area (Å²) in [6, 6.07) is 4.72. The van der Waals surface area contributed by atoms with E-state index in [-0.39, 0.29) is 39.3 Å². The molecule has 5 nitrogen and oxygen atoms in total. The Morgan fingerprint density at radius 2 is 1.68 bits per heavy atom. The minimum absolute atomic E-state index is 0.0101. The lowest BCUT2D eigenvalue weighted by atomic mass is 9.39. The first-order valence-corrected chi connectivity index (χ1v) is 13.0. The number of carboxylic acids is 1. The molecule has 3 aliphatic carbocycles. The minimum atomic E-state index is -0.947. The van der Waals surface area contributed by atoms with Crippen LogP contribution in [0.4, 0.5) is 0 Å². The van der Waals surface area contributed by atoms with Gasteiger partial charge in [-0.15, -0.1) is 0 Å². The third-order valence-electron chi connectivity index (χ3n) is 11.5. The standard InChI is InChI=1S/C29H44O5/c1-18-10-13-26(2)22(27(18,3)17-20-16-19(24(31)32)8-9-21(20)30)11-14-28(4)23(26)12-15-29(28,5)25(33-6)34-7/h8-9,16,18,22-23,25,30H,10-15,17H2,1-7H3,(H,31,32)/t18-,22+,23-,26+,27-,28-,29+/m1/s1. The predicted molar refractivity (Wildman–Crippen MR) is 133 cm³/mol.